The number of aliphatic imine (C=N–C) groups is 1. The lowest BCUT2D eigenvalue weighted by molar-refractivity contribution is -0.0506. The van der Waals surface area contributed by atoms with Crippen molar-refractivity contribution in [3.05, 3.63) is 52.0 Å². The predicted octanol–water partition coefficient (Wildman–Crippen LogP) is 3.23. The van der Waals surface area contributed by atoms with Gasteiger partial charge in [-0.2, -0.15) is 8.78 Å². The summed E-state index contributed by atoms with van der Waals surface area (Å²) >= 11 is 1.68. The fraction of sp³-hybridized carbons (Fsp3) is 0.450. The minimum Gasteiger partial charge on any atom is -0.434 e. The molecule has 1 aromatic heterocycles. The van der Waals surface area contributed by atoms with Crippen molar-refractivity contribution in [2.45, 2.75) is 19.2 Å². The van der Waals surface area contributed by atoms with Crippen LogP contribution < -0.4 is 15.4 Å². The Kier molecular flexibility index (Phi) is 8.35. The Hall–Kier alpha value is -2.30. The lowest BCUT2D eigenvalue weighted by atomic mass is 10.2. The van der Waals surface area contributed by atoms with Crippen molar-refractivity contribution in [1.82, 2.24) is 15.5 Å². The maximum absolute atomic E-state index is 14.2. The number of thiophene rings is 1. The molecule has 0 bridgehead atoms. The maximum Gasteiger partial charge on any atom is 0.387 e. The molecule has 1 saturated heterocycles. The van der Waals surface area contributed by atoms with Crippen molar-refractivity contribution in [1.29, 1.82) is 0 Å². The molecular formula is C20H25F3N4O2S. The Morgan fingerprint density at radius 2 is 2.03 bits per heavy atom. The van der Waals surface area contributed by atoms with Crippen molar-refractivity contribution in [3.8, 4) is 5.75 Å². The molecule has 1 aliphatic rings. The van der Waals surface area contributed by atoms with Gasteiger partial charge < -0.3 is 20.1 Å². The fourth-order valence-corrected chi connectivity index (χ4v) is 4.14. The van der Waals surface area contributed by atoms with Gasteiger partial charge in [-0.15, -0.1) is 11.3 Å². The summed E-state index contributed by atoms with van der Waals surface area (Å²) in [5.74, 6) is -0.380. The molecule has 3 rings (SSSR count). The summed E-state index contributed by atoms with van der Waals surface area (Å²) in [4.78, 5) is 7.74. The molecule has 164 valence electrons. The highest BCUT2D eigenvalue weighted by Crippen LogP contribution is 2.26. The van der Waals surface area contributed by atoms with Crippen molar-refractivity contribution in [2.75, 3.05) is 39.9 Å². The molecule has 1 fully saturated rings. The standard InChI is InChI=1S/C20H25F3N4O2S/c1-24-20(25-12-14-15(21)4-2-5-17(14)29-19(22)23)26-13-16(18-6-3-11-30-18)27-7-9-28-10-8-27/h2-6,11,16,19H,7-10,12-13H2,1H3,(H2,24,25,26). The van der Waals surface area contributed by atoms with Gasteiger partial charge in [0.25, 0.3) is 0 Å². The topological polar surface area (TPSA) is 58.1 Å². The number of benzene rings is 1. The van der Waals surface area contributed by atoms with Crippen molar-refractivity contribution < 1.29 is 22.6 Å². The van der Waals surface area contributed by atoms with E-state index in [1.807, 2.05) is 11.4 Å². The summed E-state index contributed by atoms with van der Waals surface area (Å²) in [7, 11) is 1.60. The van der Waals surface area contributed by atoms with Gasteiger partial charge in [0.2, 0.25) is 0 Å². The smallest absolute Gasteiger partial charge is 0.387 e. The Bertz CT molecular complexity index is 814. The van der Waals surface area contributed by atoms with Crippen LogP contribution >= 0.6 is 11.3 Å². The zero-order chi connectivity index (χ0) is 21.3. The van der Waals surface area contributed by atoms with Crippen LogP contribution in [0.2, 0.25) is 0 Å². The maximum atomic E-state index is 14.2. The first kappa shape index (κ1) is 22.4. The van der Waals surface area contributed by atoms with E-state index in [1.54, 1.807) is 18.4 Å². The number of rotatable bonds is 8. The van der Waals surface area contributed by atoms with Gasteiger partial charge in [-0.1, -0.05) is 12.1 Å². The molecule has 2 heterocycles. The zero-order valence-corrected chi connectivity index (χ0v) is 17.4. The third-order valence-electron chi connectivity index (χ3n) is 4.77. The number of ether oxygens (including phenoxy) is 2. The first-order valence-corrected chi connectivity index (χ1v) is 10.5. The normalized spacial score (nSPS) is 16.5. The summed E-state index contributed by atoms with van der Waals surface area (Å²) in [6, 6.07) is 8.10. The van der Waals surface area contributed by atoms with E-state index in [4.69, 9.17) is 4.74 Å². The number of hydrogen-bond acceptors (Lipinski definition) is 5. The van der Waals surface area contributed by atoms with Gasteiger partial charge in [-0.05, 0) is 23.6 Å². The molecule has 10 heteroatoms. The number of nitrogens with zero attached hydrogens (tertiary/aromatic N) is 2. The van der Waals surface area contributed by atoms with Crippen LogP contribution in [0.3, 0.4) is 0 Å². The highest BCUT2D eigenvalue weighted by Gasteiger charge is 2.23. The first-order valence-electron chi connectivity index (χ1n) is 9.60. The third-order valence-corrected chi connectivity index (χ3v) is 5.74. The summed E-state index contributed by atoms with van der Waals surface area (Å²) in [6.07, 6.45) is 0. The van der Waals surface area contributed by atoms with Gasteiger partial charge in [0, 0.05) is 43.7 Å². The van der Waals surface area contributed by atoms with Crippen LogP contribution in [0, 0.1) is 5.82 Å². The number of morpholine rings is 1. The number of halogens is 3. The van der Waals surface area contributed by atoms with Gasteiger partial charge in [0.15, 0.2) is 5.96 Å². The van der Waals surface area contributed by atoms with Gasteiger partial charge in [-0.3, -0.25) is 9.89 Å². The van der Waals surface area contributed by atoms with E-state index < -0.39 is 12.4 Å². The van der Waals surface area contributed by atoms with Gasteiger partial charge in [0.05, 0.1) is 19.3 Å². The van der Waals surface area contributed by atoms with Crippen LogP contribution in [0.1, 0.15) is 16.5 Å². The SMILES string of the molecule is CN=C(NCc1c(F)cccc1OC(F)F)NCC(c1cccs1)N1CCOCC1. The van der Waals surface area contributed by atoms with Crippen molar-refractivity contribution >= 4 is 17.3 Å². The van der Waals surface area contributed by atoms with Crippen LogP contribution in [0.4, 0.5) is 13.2 Å². The average molecular weight is 443 g/mol. The molecule has 0 spiro atoms. The minimum atomic E-state index is -3.02. The number of hydrogen-bond donors (Lipinski definition) is 2. The lowest BCUT2D eigenvalue weighted by Crippen LogP contribution is -2.46. The third kappa shape index (κ3) is 6.10. The van der Waals surface area contributed by atoms with E-state index in [9.17, 15) is 13.2 Å². The minimum absolute atomic E-state index is 0.0173. The van der Waals surface area contributed by atoms with E-state index >= 15 is 0 Å². The first-order chi connectivity index (χ1) is 14.6. The van der Waals surface area contributed by atoms with Crippen LogP contribution in [0.15, 0.2) is 40.7 Å². The molecule has 0 radical (unpaired) electrons. The van der Waals surface area contributed by atoms with E-state index in [1.165, 1.54) is 23.1 Å². The molecule has 2 aromatic rings. The number of nitrogens with one attached hydrogen (secondary N) is 2. The van der Waals surface area contributed by atoms with E-state index in [2.05, 4.69) is 31.3 Å². The molecule has 0 amide bonds. The molecule has 2 N–H and O–H groups in total. The fourth-order valence-electron chi connectivity index (χ4n) is 3.28. The van der Waals surface area contributed by atoms with Crippen LogP contribution in [-0.4, -0.2) is 57.4 Å². The van der Waals surface area contributed by atoms with Gasteiger partial charge in [0.1, 0.15) is 11.6 Å². The van der Waals surface area contributed by atoms with Crippen molar-refractivity contribution in [3.63, 3.8) is 0 Å². The van der Waals surface area contributed by atoms with Crippen LogP contribution in [-0.2, 0) is 11.3 Å². The molecule has 1 unspecified atom stereocenters. The zero-order valence-electron chi connectivity index (χ0n) is 16.6. The van der Waals surface area contributed by atoms with Gasteiger partial charge in [-0.25, -0.2) is 4.39 Å². The average Bonchev–Trinajstić information content (AvgIpc) is 3.27. The number of guanidine groups is 1. The lowest BCUT2D eigenvalue weighted by Gasteiger charge is -2.34. The summed E-state index contributed by atoms with van der Waals surface area (Å²) in [6.45, 7) is 0.556. The highest BCUT2D eigenvalue weighted by atomic mass is 32.1. The van der Waals surface area contributed by atoms with Crippen LogP contribution in [0.25, 0.3) is 0 Å². The summed E-state index contributed by atoms with van der Waals surface area (Å²) < 4.78 is 49.2. The number of alkyl halides is 2. The molecular weight excluding hydrogens is 417 g/mol. The van der Waals surface area contributed by atoms with Crippen LogP contribution in [0.5, 0.6) is 5.75 Å². The van der Waals surface area contributed by atoms with E-state index in [-0.39, 0.29) is 23.9 Å². The quantitative estimate of drug-likeness (QED) is 0.486. The Labute approximate surface area is 177 Å². The Morgan fingerprint density at radius 3 is 2.70 bits per heavy atom. The van der Waals surface area contributed by atoms with E-state index in [0.29, 0.717) is 25.7 Å². The Morgan fingerprint density at radius 1 is 1.23 bits per heavy atom. The molecule has 0 aliphatic carbocycles. The van der Waals surface area contributed by atoms with Gasteiger partial charge >= 0.3 is 6.61 Å². The predicted molar refractivity (Wildman–Crippen MR) is 111 cm³/mol. The Balaban J connectivity index is 1.63. The summed E-state index contributed by atoms with van der Waals surface area (Å²) in [5, 5.41) is 8.27. The molecule has 30 heavy (non-hydrogen) atoms. The molecule has 0 saturated carbocycles. The highest BCUT2D eigenvalue weighted by molar-refractivity contribution is 7.10. The van der Waals surface area contributed by atoms with E-state index in [0.717, 1.165) is 13.1 Å². The molecule has 1 aliphatic heterocycles. The summed E-state index contributed by atoms with van der Waals surface area (Å²) in [5.41, 5.74) is 0.0173. The molecule has 1 atom stereocenters. The largest absolute Gasteiger partial charge is 0.434 e. The monoisotopic (exact) mass is 442 g/mol. The molecule has 6 nitrogen and oxygen atoms in total. The second-order valence-electron chi connectivity index (χ2n) is 6.58. The molecule has 1 aromatic carbocycles. The second-order valence-corrected chi connectivity index (χ2v) is 7.56. The second kappa shape index (κ2) is 11.2. The van der Waals surface area contributed by atoms with Crippen molar-refractivity contribution in [2.24, 2.45) is 4.99 Å².